The first-order chi connectivity index (χ1) is 6.79. The van der Waals surface area contributed by atoms with Crippen LogP contribution in [0.3, 0.4) is 0 Å². The molecule has 0 saturated heterocycles. The van der Waals surface area contributed by atoms with Crippen LogP contribution in [0.15, 0.2) is 30.3 Å². The fourth-order valence-corrected chi connectivity index (χ4v) is 2.50. The molecule has 0 heterocycles. The fraction of sp³-hybridized carbons (Fsp3) is 0.538. The molecule has 1 atom stereocenters. The van der Waals surface area contributed by atoms with Gasteiger partial charge in [0.2, 0.25) is 0 Å². The number of hydrogen-bond donors (Lipinski definition) is 1. The zero-order valence-corrected chi connectivity index (χ0v) is 8.87. The minimum Gasteiger partial charge on any atom is -0.330 e. The standard InChI is InChI=1S/C13H19N/c1-11(7-10-14)13(8-9-13)12-5-3-2-4-6-12/h2-6,11H,7-10,14H2,1H3. The van der Waals surface area contributed by atoms with Gasteiger partial charge in [-0.05, 0) is 42.7 Å². The molecule has 0 radical (unpaired) electrons. The zero-order valence-electron chi connectivity index (χ0n) is 8.87. The second kappa shape index (κ2) is 3.74. The Morgan fingerprint density at radius 1 is 1.29 bits per heavy atom. The van der Waals surface area contributed by atoms with Gasteiger partial charge in [-0.1, -0.05) is 37.3 Å². The minimum absolute atomic E-state index is 0.473. The first-order valence-electron chi connectivity index (χ1n) is 5.55. The van der Waals surface area contributed by atoms with E-state index < -0.39 is 0 Å². The number of benzene rings is 1. The van der Waals surface area contributed by atoms with Crippen molar-refractivity contribution in [3.63, 3.8) is 0 Å². The topological polar surface area (TPSA) is 26.0 Å². The summed E-state index contributed by atoms with van der Waals surface area (Å²) in [6.07, 6.45) is 3.84. The second-order valence-corrected chi connectivity index (χ2v) is 4.50. The molecule has 1 aliphatic rings. The summed E-state index contributed by atoms with van der Waals surface area (Å²) in [6.45, 7) is 3.16. The van der Waals surface area contributed by atoms with Gasteiger partial charge in [-0.25, -0.2) is 0 Å². The van der Waals surface area contributed by atoms with Crippen LogP contribution in [0.2, 0.25) is 0 Å². The minimum atomic E-state index is 0.473. The Balaban J connectivity index is 2.17. The number of nitrogens with two attached hydrogens (primary N) is 1. The van der Waals surface area contributed by atoms with E-state index in [0.717, 1.165) is 18.9 Å². The summed E-state index contributed by atoms with van der Waals surface area (Å²) < 4.78 is 0. The zero-order chi connectivity index (χ0) is 10.0. The van der Waals surface area contributed by atoms with Crippen molar-refractivity contribution < 1.29 is 0 Å². The molecular weight excluding hydrogens is 170 g/mol. The Kier molecular flexibility index (Phi) is 2.60. The third kappa shape index (κ3) is 1.57. The Labute approximate surface area is 86.3 Å². The van der Waals surface area contributed by atoms with Crippen molar-refractivity contribution in [2.24, 2.45) is 11.7 Å². The Morgan fingerprint density at radius 3 is 2.43 bits per heavy atom. The van der Waals surface area contributed by atoms with Gasteiger partial charge in [-0.15, -0.1) is 0 Å². The summed E-state index contributed by atoms with van der Waals surface area (Å²) in [4.78, 5) is 0. The quantitative estimate of drug-likeness (QED) is 0.774. The van der Waals surface area contributed by atoms with Crippen LogP contribution in [0.25, 0.3) is 0 Å². The molecule has 0 aliphatic heterocycles. The smallest absolute Gasteiger partial charge is 0.00203 e. The predicted octanol–water partition coefficient (Wildman–Crippen LogP) is 2.70. The summed E-state index contributed by atoms with van der Waals surface area (Å²) in [5.74, 6) is 0.731. The van der Waals surface area contributed by atoms with Crippen molar-refractivity contribution in [3.8, 4) is 0 Å². The van der Waals surface area contributed by atoms with E-state index in [1.807, 2.05) is 0 Å². The van der Waals surface area contributed by atoms with Crippen LogP contribution in [0.5, 0.6) is 0 Å². The van der Waals surface area contributed by atoms with Crippen molar-refractivity contribution in [2.75, 3.05) is 6.54 Å². The van der Waals surface area contributed by atoms with E-state index in [1.54, 1.807) is 0 Å². The molecule has 1 unspecified atom stereocenters. The van der Waals surface area contributed by atoms with Gasteiger partial charge in [-0.2, -0.15) is 0 Å². The van der Waals surface area contributed by atoms with Crippen molar-refractivity contribution in [2.45, 2.75) is 31.6 Å². The van der Waals surface area contributed by atoms with Crippen LogP contribution in [0, 0.1) is 5.92 Å². The molecule has 1 nitrogen and oxygen atoms in total. The molecule has 2 rings (SSSR count). The van der Waals surface area contributed by atoms with E-state index in [9.17, 15) is 0 Å². The summed E-state index contributed by atoms with van der Waals surface area (Å²) in [5.41, 5.74) is 7.62. The lowest BCUT2D eigenvalue weighted by Gasteiger charge is -2.23. The highest BCUT2D eigenvalue weighted by molar-refractivity contribution is 5.31. The Hall–Kier alpha value is -0.820. The van der Waals surface area contributed by atoms with E-state index >= 15 is 0 Å². The molecule has 76 valence electrons. The molecule has 1 heteroatoms. The van der Waals surface area contributed by atoms with E-state index in [2.05, 4.69) is 37.3 Å². The van der Waals surface area contributed by atoms with Crippen molar-refractivity contribution in [3.05, 3.63) is 35.9 Å². The fourth-order valence-electron chi connectivity index (χ4n) is 2.50. The number of hydrogen-bond acceptors (Lipinski definition) is 1. The van der Waals surface area contributed by atoms with Gasteiger partial charge in [-0.3, -0.25) is 0 Å². The van der Waals surface area contributed by atoms with Crippen LogP contribution < -0.4 is 5.73 Å². The van der Waals surface area contributed by atoms with E-state index in [1.165, 1.54) is 18.4 Å². The normalized spacial score (nSPS) is 20.4. The average molecular weight is 189 g/mol. The lowest BCUT2D eigenvalue weighted by molar-refractivity contribution is 0.416. The second-order valence-electron chi connectivity index (χ2n) is 4.50. The van der Waals surface area contributed by atoms with Crippen molar-refractivity contribution >= 4 is 0 Å². The van der Waals surface area contributed by atoms with Gasteiger partial charge in [0.15, 0.2) is 0 Å². The Morgan fingerprint density at radius 2 is 1.93 bits per heavy atom. The van der Waals surface area contributed by atoms with Gasteiger partial charge in [0.25, 0.3) is 0 Å². The molecule has 1 aliphatic carbocycles. The highest BCUT2D eigenvalue weighted by Gasteiger charge is 2.47. The molecule has 0 bridgehead atoms. The van der Waals surface area contributed by atoms with E-state index in [4.69, 9.17) is 5.73 Å². The summed E-state index contributed by atoms with van der Waals surface area (Å²) in [5, 5.41) is 0. The molecule has 14 heavy (non-hydrogen) atoms. The molecule has 0 amide bonds. The van der Waals surface area contributed by atoms with Crippen LogP contribution in [0.4, 0.5) is 0 Å². The maximum absolute atomic E-state index is 5.63. The molecule has 0 aromatic heterocycles. The maximum atomic E-state index is 5.63. The average Bonchev–Trinajstić information content (AvgIpc) is 3.00. The molecule has 1 aromatic rings. The van der Waals surface area contributed by atoms with Crippen molar-refractivity contribution in [1.29, 1.82) is 0 Å². The molecule has 2 N–H and O–H groups in total. The monoisotopic (exact) mass is 189 g/mol. The highest BCUT2D eigenvalue weighted by Crippen LogP contribution is 2.54. The van der Waals surface area contributed by atoms with E-state index in [0.29, 0.717) is 5.41 Å². The van der Waals surface area contributed by atoms with Gasteiger partial charge < -0.3 is 5.73 Å². The molecule has 0 spiro atoms. The summed E-state index contributed by atoms with van der Waals surface area (Å²) in [7, 11) is 0. The summed E-state index contributed by atoms with van der Waals surface area (Å²) in [6, 6.07) is 10.9. The Bertz CT molecular complexity index is 287. The SMILES string of the molecule is CC(CCN)C1(c2ccccc2)CC1. The van der Waals surface area contributed by atoms with Gasteiger partial charge in [0.1, 0.15) is 0 Å². The van der Waals surface area contributed by atoms with Crippen LogP contribution >= 0.6 is 0 Å². The molecule has 1 saturated carbocycles. The van der Waals surface area contributed by atoms with Crippen molar-refractivity contribution in [1.82, 2.24) is 0 Å². The van der Waals surface area contributed by atoms with Gasteiger partial charge in [0, 0.05) is 0 Å². The highest BCUT2D eigenvalue weighted by atomic mass is 14.6. The van der Waals surface area contributed by atoms with E-state index in [-0.39, 0.29) is 0 Å². The first kappa shape index (κ1) is 9.72. The number of rotatable bonds is 4. The van der Waals surface area contributed by atoms with Gasteiger partial charge in [0.05, 0.1) is 0 Å². The van der Waals surface area contributed by atoms with Gasteiger partial charge >= 0.3 is 0 Å². The maximum Gasteiger partial charge on any atom is -0.00203 e. The largest absolute Gasteiger partial charge is 0.330 e. The predicted molar refractivity (Wildman–Crippen MR) is 60.2 cm³/mol. The molecule has 1 fully saturated rings. The lowest BCUT2D eigenvalue weighted by Crippen LogP contribution is -2.20. The third-order valence-corrected chi connectivity index (χ3v) is 3.68. The summed E-state index contributed by atoms with van der Waals surface area (Å²) >= 11 is 0. The van der Waals surface area contributed by atoms with Crippen LogP contribution in [-0.4, -0.2) is 6.54 Å². The van der Waals surface area contributed by atoms with Crippen LogP contribution in [-0.2, 0) is 5.41 Å². The molecule has 1 aromatic carbocycles. The first-order valence-corrected chi connectivity index (χ1v) is 5.55. The lowest BCUT2D eigenvalue weighted by atomic mass is 9.82. The third-order valence-electron chi connectivity index (χ3n) is 3.68. The molecular formula is C13H19N. The van der Waals surface area contributed by atoms with Crippen LogP contribution in [0.1, 0.15) is 31.7 Å².